The molecule has 3 N–H and O–H groups in total. The molecular weight excluding hydrogens is 304 g/mol. The fourth-order valence-electron chi connectivity index (χ4n) is 2.20. The van der Waals surface area contributed by atoms with Gasteiger partial charge in [0.2, 0.25) is 5.91 Å². The molecule has 0 bridgehead atoms. The fourth-order valence-corrected chi connectivity index (χ4v) is 3.42. The second kappa shape index (κ2) is 7.07. The third-order valence-electron chi connectivity index (χ3n) is 3.37. The highest BCUT2D eigenvalue weighted by Gasteiger charge is 2.16. The van der Waals surface area contributed by atoms with Crippen molar-refractivity contribution in [3.05, 3.63) is 56.7 Å². The first-order chi connectivity index (χ1) is 9.99. The van der Waals surface area contributed by atoms with E-state index in [0.717, 1.165) is 5.56 Å². The monoisotopic (exact) mass is 322 g/mol. The maximum absolute atomic E-state index is 11.1. The molecule has 0 fully saturated rings. The van der Waals surface area contributed by atoms with Crippen LogP contribution in [0.3, 0.4) is 0 Å². The number of primary amides is 1. The molecule has 3 nitrogen and oxygen atoms in total. The summed E-state index contributed by atoms with van der Waals surface area (Å²) in [5.74, 6) is 0.0161. The predicted octanol–water partition coefficient (Wildman–Crippen LogP) is 3.99. The quantitative estimate of drug-likeness (QED) is 0.845. The van der Waals surface area contributed by atoms with Crippen molar-refractivity contribution in [2.75, 3.05) is 0 Å². The van der Waals surface area contributed by atoms with Gasteiger partial charge in [-0.05, 0) is 35.1 Å². The van der Waals surface area contributed by atoms with Crippen LogP contribution in [0.4, 0.5) is 0 Å². The van der Waals surface area contributed by atoms with Crippen molar-refractivity contribution in [1.82, 2.24) is 5.32 Å². The lowest BCUT2D eigenvalue weighted by atomic mass is 10.0. The van der Waals surface area contributed by atoms with E-state index in [-0.39, 0.29) is 6.04 Å². The Morgan fingerprint density at radius 1 is 1.38 bits per heavy atom. The summed E-state index contributed by atoms with van der Waals surface area (Å²) >= 11 is 7.96. The first-order valence-electron chi connectivity index (χ1n) is 6.84. The van der Waals surface area contributed by atoms with E-state index in [1.54, 1.807) is 23.5 Å². The number of carbonyl (C=O) groups excluding carboxylic acids is 1. The second-order valence-electron chi connectivity index (χ2n) is 5.29. The van der Waals surface area contributed by atoms with E-state index in [1.165, 1.54) is 4.88 Å². The Morgan fingerprint density at radius 3 is 2.67 bits per heavy atom. The van der Waals surface area contributed by atoms with Gasteiger partial charge < -0.3 is 11.1 Å². The van der Waals surface area contributed by atoms with Crippen LogP contribution in [-0.2, 0) is 6.54 Å². The minimum Gasteiger partial charge on any atom is -0.366 e. The van der Waals surface area contributed by atoms with Gasteiger partial charge in [-0.1, -0.05) is 37.6 Å². The molecule has 1 aromatic heterocycles. The van der Waals surface area contributed by atoms with E-state index in [1.807, 2.05) is 6.07 Å². The van der Waals surface area contributed by atoms with Crippen LogP contribution >= 0.6 is 22.9 Å². The third kappa shape index (κ3) is 4.06. The largest absolute Gasteiger partial charge is 0.366 e. The molecule has 0 spiro atoms. The maximum atomic E-state index is 11.1. The minimum atomic E-state index is -0.463. The molecule has 2 aromatic rings. The summed E-state index contributed by atoms with van der Waals surface area (Å²) < 4.78 is 0. The average molecular weight is 323 g/mol. The summed E-state index contributed by atoms with van der Waals surface area (Å²) in [6.07, 6.45) is 0. The lowest BCUT2D eigenvalue weighted by molar-refractivity contribution is 0.100. The van der Waals surface area contributed by atoms with Crippen molar-refractivity contribution in [3.63, 3.8) is 0 Å². The van der Waals surface area contributed by atoms with Crippen LogP contribution in [0.15, 0.2) is 35.7 Å². The Morgan fingerprint density at radius 2 is 2.14 bits per heavy atom. The van der Waals surface area contributed by atoms with Gasteiger partial charge in [0.25, 0.3) is 0 Å². The van der Waals surface area contributed by atoms with Crippen LogP contribution in [-0.4, -0.2) is 5.91 Å². The number of carbonyl (C=O) groups is 1. The first kappa shape index (κ1) is 16.0. The standard InChI is InChI=1S/C16H19ClN2OS/c1-10(2)15(14-4-3-7-21-14)19-9-12-6-5-11(16(18)20)8-13(12)17/h3-8,10,15,19H,9H2,1-2H3,(H2,18,20). The lowest BCUT2D eigenvalue weighted by Crippen LogP contribution is -2.24. The summed E-state index contributed by atoms with van der Waals surface area (Å²) in [4.78, 5) is 12.4. The summed E-state index contributed by atoms with van der Waals surface area (Å²) in [6.45, 7) is 5.03. The molecule has 0 saturated carbocycles. The van der Waals surface area contributed by atoms with Gasteiger partial charge >= 0.3 is 0 Å². The topological polar surface area (TPSA) is 55.1 Å². The number of nitrogens with one attached hydrogen (secondary N) is 1. The maximum Gasteiger partial charge on any atom is 0.248 e. The highest BCUT2D eigenvalue weighted by Crippen LogP contribution is 2.27. The summed E-state index contributed by atoms with van der Waals surface area (Å²) in [7, 11) is 0. The van der Waals surface area contributed by atoms with Gasteiger partial charge in [0.05, 0.1) is 0 Å². The molecule has 1 unspecified atom stereocenters. The van der Waals surface area contributed by atoms with Crippen LogP contribution in [0.25, 0.3) is 0 Å². The molecule has 0 radical (unpaired) electrons. The van der Waals surface area contributed by atoms with Crippen LogP contribution in [0.2, 0.25) is 5.02 Å². The Balaban J connectivity index is 2.09. The van der Waals surface area contributed by atoms with Gasteiger partial charge in [-0.25, -0.2) is 0 Å². The third-order valence-corrected chi connectivity index (χ3v) is 4.67. The number of hydrogen-bond donors (Lipinski definition) is 2. The molecule has 5 heteroatoms. The molecule has 1 heterocycles. The zero-order valence-electron chi connectivity index (χ0n) is 12.1. The number of thiophene rings is 1. The van der Waals surface area contributed by atoms with Crippen molar-refractivity contribution in [2.24, 2.45) is 11.7 Å². The molecule has 112 valence electrons. The van der Waals surface area contributed by atoms with E-state index >= 15 is 0 Å². The molecule has 1 atom stereocenters. The molecule has 0 aliphatic rings. The normalized spacial score (nSPS) is 12.6. The van der Waals surface area contributed by atoms with Crippen molar-refractivity contribution < 1.29 is 4.79 Å². The van der Waals surface area contributed by atoms with Crippen LogP contribution in [0, 0.1) is 5.92 Å². The fraction of sp³-hybridized carbons (Fsp3) is 0.312. The highest BCUT2D eigenvalue weighted by molar-refractivity contribution is 7.10. The van der Waals surface area contributed by atoms with Gasteiger partial charge in [-0.3, -0.25) is 4.79 Å². The summed E-state index contributed by atoms with van der Waals surface area (Å²) in [5, 5.41) is 6.18. The van der Waals surface area contributed by atoms with Crippen molar-refractivity contribution in [3.8, 4) is 0 Å². The smallest absolute Gasteiger partial charge is 0.248 e. The SMILES string of the molecule is CC(C)C(NCc1ccc(C(N)=O)cc1Cl)c1cccs1. The van der Waals surface area contributed by atoms with Gasteiger partial charge in [-0.15, -0.1) is 11.3 Å². The molecule has 0 saturated heterocycles. The molecule has 1 amide bonds. The Labute approximate surface area is 134 Å². The number of nitrogens with two attached hydrogens (primary N) is 1. The minimum absolute atomic E-state index is 0.289. The van der Waals surface area contributed by atoms with E-state index < -0.39 is 5.91 Å². The number of hydrogen-bond acceptors (Lipinski definition) is 3. The van der Waals surface area contributed by atoms with Crippen molar-refractivity contribution >= 4 is 28.8 Å². The number of rotatable bonds is 6. The molecule has 21 heavy (non-hydrogen) atoms. The Kier molecular flexibility index (Phi) is 5.39. The lowest BCUT2D eigenvalue weighted by Gasteiger charge is -2.21. The molecule has 1 aromatic carbocycles. The second-order valence-corrected chi connectivity index (χ2v) is 6.67. The molecular formula is C16H19ClN2OS. The van der Waals surface area contributed by atoms with Crippen LogP contribution < -0.4 is 11.1 Å². The number of halogens is 1. The van der Waals surface area contributed by atoms with E-state index in [4.69, 9.17) is 17.3 Å². The van der Waals surface area contributed by atoms with Crippen LogP contribution in [0.1, 0.15) is 40.7 Å². The van der Waals surface area contributed by atoms with E-state index in [0.29, 0.717) is 23.0 Å². The van der Waals surface area contributed by atoms with Gasteiger partial charge in [0.1, 0.15) is 0 Å². The van der Waals surface area contributed by atoms with E-state index in [2.05, 4.69) is 36.7 Å². The average Bonchev–Trinajstić information content (AvgIpc) is 2.93. The van der Waals surface area contributed by atoms with Gasteiger partial charge in [0, 0.05) is 28.0 Å². The zero-order chi connectivity index (χ0) is 15.4. The zero-order valence-corrected chi connectivity index (χ0v) is 13.7. The number of amides is 1. The first-order valence-corrected chi connectivity index (χ1v) is 8.10. The molecule has 0 aliphatic carbocycles. The number of benzene rings is 1. The van der Waals surface area contributed by atoms with Crippen LogP contribution in [0.5, 0.6) is 0 Å². The molecule has 2 rings (SSSR count). The van der Waals surface area contributed by atoms with Crippen molar-refractivity contribution in [1.29, 1.82) is 0 Å². The summed E-state index contributed by atoms with van der Waals surface area (Å²) in [5.41, 5.74) is 6.64. The Bertz CT molecular complexity index is 611. The van der Waals surface area contributed by atoms with Crippen molar-refractivity contribution in [2.45, 2.75) is 26.4 Å². The van der Waals surface area contributed by atoms with Gasteiger partial charge in [-0.2, -0.15) is 0 Å². The Hall–Kier alpha value is -1.36. The van der Waals surface area contributed by atoms with Gasteiger partial charge in [0.15, 0.2) is 0 Å². The molecule has 0 aliphatic heterocycles. The predicted molar refractivity (Wildman–Crippen MR) is 88.7 cm³/mol. The van der Waals surface area contributed by atoms with E-state index in [9.17, 15) is 4.79 Å². The summed E-state index contributed by atoms with van der Waals surface area (Å²) in [6, 6.07) is 9.67. The highest BCUT2D eigenvalue weighted by atomic mass is 35.5.